The van der Waals surface area contributed by atoms with Crippen LogP contribution in [-0.4, -0.2) is 64.8 Å². The van der Waals surface area contributed by atoms with Gasteiger partial charge >= 0.3 is 0 Å². The molecule has 0 aliphatic carbocycles. The summed E-state index contributed by atoms with van der Waals surface area (Å²) < 4.78 is 35.8. The molecule has 2 rings (SSSR count). The van der Waals surface area contributed by atoms with Crippen molar-refractivity contribution in [3.05, 3.63) is 28.8 Å². The van der Waals surface area contributed by atoms with E-state index in [1.807, 2.05) is 0 Å². The van der Waals surface area contributed by atoms with Crippen LogP contribution in [0.4, 0.5) is 0 Å². The molecular weight excluding hydrogens is 356 g/mol. The number of carbonyl (C=O) groups is 1. The monoisotopic (exact) mass is 376 g/mol. The van der Waals surface area contributed by atoms with Crippen molar-refractivity contribution < 1.29 is 22.7 Å². The number of nitrogens with zero attached hydrogens (tertiary/aromatic N) is 1. The summed E-state index contributed by atoms with van der Waals surface area (Å²) in [5, 5.41) is 3.24. The van der Waals surface area contributed by atoms with Gasteiger partial charge in [-0.2, -0.15) is 0 Å². The zero-order chi connectivity index (χ0) is 17.9. The van der Waals surface area contributed by atoms with E-state index in [1.165, 1.54) is 31.6 Å². The van der Waals surface area contributed by atoms with Gasteiger partial charge in [-0.25, -0.2) is 12.7 Å². The Hall–Kier alpha value is -1.35. The van der Waals surface area contributed by atoms with E-state index >= 15 is 0 Å². The van der Waals surface area contributed by atoms with Crippen LogP contribution in [0.2, 0.25) is 5.02 Å². The predicted molar refractivity (Wildman–Crippen MR) is 91.0 cm³/mol. The third kappa shape index (κ3) is 4.38. The van der Waals surface area contributed by atoms with Crippen LogP contribution in [-0.2, 0) is 14.8 Å². The number of rotatable bonds is 6. The highest BCUT2D eigenvalue weighted by atomic mass is 35.5. The molecule has 2 atom stereocenters. The van der Waals surface area contributed by atoms with Crippen LogP contribution in [0.1, 0.15) is 10.4 Å². The molecule has 0 saturated carbocycles. The van der Waals surface area contributed by atoms with E-state index in [2.05, 4.69) is 5.32 Å². The van der Waals surface area contributed by atoms with Gasteiger partial charge in [0.05, 0.1) is 37.7 Å². The number of nitrogens with one attached hydrogen (secondary N) is 1. The van der Waals surface area contributed by atoms with Crippen LogP contribution in [0, 0.1) is 5.92 Å². The number of hydrogen-bond acceptors (Lipinski definition) is 5. The summed E-state index contributed by atoms with van der Waals surface area (Å²) in [6, 6.07) is 4.35. The van der Waals surface area contributed by atoms with Crippen molar-refractivity contribution in [3.63, 3.8) is 0 Å². The minimum atomic E-state index is -3.38. The number of methoxy groups -OCH3 is 1. The second-order valence-electron chi connectivity index (χ2n) is 5.78. The summed E-state index contributed by atoms with van der Waals surface area (Å²) >= 11 is 5.94. The first-order valence-electron chi connectivity index (χ1n) is 7.37. The van der Waals surface area contributed by atoms with Crippen LogP contribution in [0.15, 0.2) is 18.2 Å². The van der Waals surface area contributed by atoms with Gasteiger partial charge in [0.2, 0.25) is 10.0 Å². The normalized spacial score (nSPS) is 21.0. The third-order valence-corrected chi connectivity index (χ3v) is 6.10. The molecule has 0 radical (unpaired) electrons. The minimum absolute atomic E-state index is 0.0857. The van der Waals surface area contributed by atoms with Crippen LogP contribution in [0.25, 0.3) is 0 Å². The van der Waals surface area contributed by atoms with Crippen molar-refractivity contribution in [2.75, 3.05) is 40.2 Å². The van der Waals surface area contributed by atoms with E-state index < -0.39 is 16.1 Å². The first-order chi connectivity index (χ1) is 11.2. The number of halogens is 1. The van der Waals surface area contributed by atoms with Crippen molar-refractivity contribution in [3.8, 4) is 5.75 Å². The fraction of sp³-hybridized carbons (Fsp3) is 0.533. The lowest BCUT2D eigenvalue weighted by Crippen LogP contribution is -2.43. The maximum absolute atomic E-state index is 12.5. The fourth-order valence-corrected chi connectivity index (χ4v) is 3.79. The topological polar surface area (TPSA) is 84.9 Å². The van der Waals surface area contributed by atoms with Crippen molar-refractivity contribution in [2.24, 2.45) is 5.92 Å². The van der Waals surface area contributed by atoms with Gasteiger partial charge in [-0.3, -0.25) is 4.79 Å². The van der Waals surface area contributed by atoms with Gasteiger partial charge in [0, 0.05) is 25.0 Å². The number of sulfonamides is 1. The molecule has 1 aromatic rings. The molecule has 0 spiro atoms. The van der Waals surface area contributed by atoms with Gasteiger partial charge < -0.3 is 14.8 Å². The lowest BCUT2D eigenvalue weighted by Gasteiger charge is -2.21. The summed E-state index contributed by atoms with van der Waals surface area (Å²) in [4.78, 5) is 12.5. The van der Waals surface area contributed by atoms with E-state index in [0.29, 0.717) is 16.3 Å². The smallest absolute Gasteiger partial charge is 0.255 e. The molecule has 1 aromatic carbocycles. The maximum Gasteiger partial charge on any atom is 0.255 e. The van der Waals surface area contributed by atoms with E-state index in [0.717, 1.165) is 0 Å². The van der Waals surface area contributed by atoms with Crippen LogP contribution in [0.5, 0.6) is 5.75 Å². The van der Waals surface area contributed by atoms with E-state index in [9.17, 15) is 13.2 Å². The van der Waals surface area contributed by atoms with Crippen LogP contribution in [0.3, 0.4) is 0 Å². The van der Waals surface area contributed by atoms with E-state index in [4.69, 9.17) is 21.1 Å². The molecule has 1 N–H and O–H groups in total. The Morgan fingerprint density at radius 3 is 2.75 bits per heavy atom. The first kappa shape index (κ1) is 19.0. The Kier molecular flexibility index (Phi) is 6.08. The van der Waals surface area contributed by atoms with E-state index in [1.54, 1.807) is 12.1 Å². The van der Waals surface area contributed by atoms with Crippen molar-refractivity contribution in [2.45, 2.75) is 6.04 Å². The Bertz CT molecular complexity index is 708. The molecule has 1 aliphatic rings. The summed E-state index contributed by atoms with van der Waals surface area (Å²) in [5.41, 5.74) is 0.297. The summed E-state index contributed by atoms with van der Waals surface area (Å²) in [7, 11) is 1.05. The molecule has 134 valence electrons. The number of carbonyl (C=O) groups excluding carboxylic acids is 1. The lowest BCUT2D eigenvalue weighted by molar-refractivity contribution is 0.0923. The van der Waals surface area contributed by atoms with Gasteiger partial charge in [0.1, 0.15) is 5.75 Å². The minimum Gasteiger partial charge on any atom is -0.496 e. The van der Waals surface area contributed by atoms with E-state index in [-0.39, 0.29) is 30.8 Å². The Morgan fingerprint density at radius 2 is 2.12 bits per heavy atom. The Labute approximate surface area is 146 Å². The molecule has 1 heterocycles. The quantitative estimate of drug-likeness (QED) is 0.800. The first-order valence-corrected chi connectivity index (χ1v) is 9.35. The number of amides is 1. The molecule has 1 aliphatic heterocycles. The second kappa shape index (κ2) is 7.69. The van der Waals surface area contributed by atoms with Gasteiger partial charge in [-0.1, -0.05) is 11.6 Å². The molecule has 7 nitrogen and oxygen atoms in total. The molecule has 9 heteroatoms. The summed E-state index contributed by atoms with van der Waals surface area (Å²) in [6.45, 7) is 0.549. The molecule has 0 unspecified atom stereocenters. The summed E-state index contributed by atoms with van der Waals surface area (Å²) in [5.74, 6) is -0.380. The van der Waals surface area contributed by atoms with Gasteiger partial charge in [-0.05, 0) is 18.2 Å². The van der Waals surface area contributed by atoms with Crippen molar-refractivity contribution in [1.82, 2.24) is 9.62 Å². The zero-order valence-electron chi connectivity index (χ0n) is 13.8. The molecule has 0 aromatic heterocycles. The summed E-state index contributed by atoms with van der Waals surface area (Å²) in [6.07, 6.45) is 0. The SMILES string of the molecule is COc1ccc(Cl)cc1C(=O)N[C@@H]1COC[C@H]1CS(=O)(=O)N(C)C. The largest absolute Gasteiger partial charge is 0.496 e. The fourth-order valence-electron chi connectivity index (χ4n) is 2.45. The maximum atomic E-state index is 12.5. The number of benzene rings is 1. The van der Waals surface area contributed by atoms with Gasteiger partial charge in [-0.15, -0.1) is 0 Å². The third-order valence-electron chi connectivity index (χ3n) is 3.90. The molecule has 1 saturated heterocycles. The van der Waals surface area contributed by atoms with Crippen LogP contribution >= 0.6 is 11.6 Å². The molecular formula is C15H21ClN2O5S. The lowest BCUT2D eigenvalue weighted by atomic mass is 10.1. The number of hydrogen-bond donors (Lipinski definition) is 1. The highest BCUT2D eigenvalue weighted by molar-refractivity contribution is 7.89. The van der Waals surface area contributed by atoms with Gasteiger partial charge in [0.15, 0.2) is 0 Å². The average molecular weight is 377 g/mol. The Morgan fingerprint density at radius 1 is 1.42 bits per heavy atom. The average Bonchev–Trinajstić information content (AvgIpc) is 2.93. The molecule has 1 amide bonds. The molecule has 0 bridgehead atoms. The molecule has 1 fully saturated rings. The predicted octanol–water partition coefficient (Wildman–Crippen LogP) is 0.985. The standard InChI is InChI=1S/C15H21ClN2O5S/c1-18(2)24(20,21)9-10-7-23-8-13(10)17-15(19)12-6-11(16)4-5-14(12)22-3/h4-6,10,13H,7-9H2,1-3H3,(H,17,19)/t10-,13+/m0/s1. The highest BCUT2D eigenvalue weighted by Crippen LogP contribution is 2.24. The van der Waals surface area contributed by atoms with Gasteiger partial charge in [0.25, 0.3) is 5.91 Å². The number of ether oxygens (including phenoxy) is 2. The zero-order valence-corrected chi connectivity index (χ0v) is 15.4. The van der Waals surface area contributed by atoms with Crippen molar-refractivity contribution in [1.29, 1.82) is 0 Å². The second-order valence-corrected chi connectivity index (χ2v) is 8.45. The highest BCUT2D eigenvalue weighted by Gasteiger charge is 2.34. The van der Waals surface area contributed by atoms with Crippen molar-refractivity contribution >= 4 is 27.5 Å². The van der Waals surface area contributed by atoms with Crippen LogP contribution < -0.4 is 10.1 Å². The Balaban J connectivity index is 2.12. The molecule has 24 heavy (non-hydrogen) atoms.